The van der Waals surface area contributed by atoms with Crippen LogP contribution in [-0.4, -0.2) is 23.1 Å². The first kappa shape index (κ1) is 16.0. The lowest BCUT2D eigenvalue weighted by Crippen LogP contribution is -2.19. The van der Waals surface area contributed by atoms with E-state index < -0.39 is 11.2 Å². The third-order valence-corrected chi connectivity index (χ3v) is 3.86. The average Bonchev–Trinajstić information content (AvgIpc) is 2.61. The van der Waals surface area contributed by atoms with Crippen molar-refractivity contribution in [2.24, 2.45) is 0 Å². The number of aromatic amines is 1. The number of halogens is 1. The molecule has 2 aromatic carbocycles. The van der Waals surface area contributed by atoms with Crippen LogP contribution in [0.2, 0.25) is 5.02 Å². The maximum atomic E-state index is 12.4. The van der Waals surface area contributed by atoms with Crippen LogP contribution in [0.5, 0.6) is 5.75 Å². The van der Waals surface area contributed by atoms with E-state index in [-0.39, 0.29) is 16.3 Å². The Kier molecular flexibility index (Phi) is 4.44. The van der Waals surface area contributed by atoms with Crippen molar-refractivity contribution in [3.63, 3.8) is 0 Å². The first-order chi connectivity index (χ1) is 11.6. The van der Waals surface area contributed by atoms with E-state index in [0.717, 1.165) is 5.56 Å². The lowest BCUT2D eigenvalue weighted by atomic mass is 10.1. The second-order valence-electron chi connectivity index (χ2n) is 5.03. The zero-order valence-corrected chi connectivity index (χ0v) is 13.5. The highest BCUT2D eigenvalue weighted by atomic mass is 35.5. The highest BCUT2D eigenvalue weighted by Gasteiger charge is 2.18. The second kappa shape index (κ2) is 6.68. The molecule has 0 radical (unpaired) electrons. The molecule has 0 fully saturated rings. The second-order valence-corrected chi connectivity index (χ2v) is 5.44. The summed E-state index contributed by atoms with van der Waals surface area (Å²) < 4.78 is 5.09. The predicted molar refractivity (Wildman–Crippen MR) is 91.7 cm³/mol. The summed E-state index contributed by atoms with van der Waals surface area (Å²) in [5.41, 5.74) is 0.856. The summed E-state index contributed by atoms with van der Waals surface area (Å²) in [5, 5.41) is 6.97. The normalized spacial score (nSPS) is 10.4. The van der Waals surface area contributed by atoms with Crippen molar-refractivity contribution in [3.8, 4) is 17.0 Å². The summed E-state index contributed by atoms with van der Waals surface area (Å²) >= 11 is 6.00. The molecule has 1 N–H and O–H groups in total. The number of ether oxygens (including phenoxy) is 1. The number of rotatable bonds is 4. The Morgan fingerprint density at radius 2 is 1.83 bits per heavy atom. The highest BCUT2D eigenvalue weighted by Crippen LogP contribution is 2.20. The SMILES string of the molecule is COc1ccc(-c2cc(=O)c(C(=O)c3ccccc3Cl)n[nH]2)cc1. The Bertz CT molecular complexity index is 949. The lowest BCUT2D eigenvalue weighted by molar-refractivity contribution is 0.103. The molecule has 3 rings (SSSR count). The van der Waals surface area contributed by atoms with E-state index in [1.165, 1.54) is 6.07 Å². The predicted octanol–water partition coefficient (Wildman–Crippen LogP) is 3.33. The van der Waals surface area contributed by atoms with Crippen molar-refractivity contribution in [2.75, 3.05) is 7.11 Å². The van der Waals surface area contributed by atoms with Crippen LogP contribution in [0.25, 0.3) is 11.3 Å². The third kappa shape index (κ3) is 3.07. The van der Waals surface area contributed by atoms with E-state index in [1.807, 2.05) is 0 Å². The molecule has 0 saturated heterocycles. The zero-order chi connectivity index (χ0) is 17.1. The molecule has 3 aromatic rings. The number of ketones is 1. The van der Waals surface area contributed by atoms with Crippen LogP contribution in [0.1, 0.15) is 16.1 Å². The number of hydrogen-bond donors (Lipinski definition) is 1. The van der Waals surface area contributed by atoms with Crippen molar-refractivity contribution < 1.29 is 9.53 Å². The number of carbonyl (C=O) groups excluding carboxylic acids is 1. The molecule has 6 heteroatoms. The Morgan fingerprint density at radius 3 is 2.46 bits per heavy atom. The number of nitrogens with one attached hydrogen (secondary N) is 1. The van der Waals surface area contributed by atoms with Gasteiger partial charge in [0.2, 0.25) is 11.2 Å². The largest absolute Gasteiger partial charge is 0.497 e. The number of aromatic nitrogens is 2. The van der Waals surface area contributed by atoms with Gasteiger partial charge in [0.1, 0.15) is 5.75 Å². The fourth-order valence-corrected chi connectivity index (χ4v) is 2.48. The topological polar surface area (TPSA) is 72.1 Å². The van der Waals surface area contributed by atoms with Gasteiger partial charge < -0.3 is 4.74 Å². The highest BCUT2D eigenvalue weighted by molar-refractivity contribution is 6.34. The van der Waals surface area contributed by atoms with Gasteiger partial charge in [0.15, 0.2) is 5.69 Å². The van der Waals surface area contributed by atoms with Crippen molar-refractivity contribution in [3.05, 3.63) is 81.1 Å². The van der Waals surface area contributed by atoms with Crippen LogP contribution in [0.4, 0.5) is 0 Å². The molecule has 0 atom stereocenters. The molecule has 0 aliphatic carbocycles. The van der Waals surface area contributed by atoms with Gasteiger partial charge in [0.25, 0.3) is 0 Å². The van der Waals surface area contributed by atoms with E-state index in [9.17, 15) is 9.59 Å². The average molecular weight is 341 g/mol. The molecular weight excluding hydrogens is 328 g/mol. The van der Waals surface area contributed by atoms with Crippen LogP contribution >= 0.6 is 11.6 Å². The van der Waals surface area contributed by atoms with Crippen molar-refractivity contribution in [1.82, 2.24) is 10.2 Å². The zero-order valence-electron chi connectivity index (χ0n) is 12.7. The van der Waals surface area contributed by atoms with Crippen LogP contribution in [0.3, 0.4) is 0 Å². The molecule has 0 unspecified atom stereocenters. The lowest BCUT2D eigenvalue weighted by Gasteiger charge is -2.05. The smallest absolute Gasteiger partial charge is 0.218 e. The molecule has 1 aromatic heterocycles. The van der Waals surface area contributed by atoms with Crippen LogP contribution < -0.4 is 10.2 Å². The van der Waals surface area contributed by atoms with E-state index in [1.54, 1.807) is 55.6 Å². The van der Waals surface area contributed by atoms with Gasteiger partial charge in [-0.3, -0.25) is 14.7 Å². The van der Waals surface area contributed by atoms with Crippen LogP contribution in [-0.2, 0) is 0 Å². The third-order valence-electron chi connectivity index (χ3n) is 3.53. The van der Waals surface area contributed by atoms with Gasteiger partial charge in [0, 0.05) is 11.6 Å². The van der Waals surface area contributed by atoms with Gasteiger partial charge in [-0.1, -0.05) is 23.7 Å². The van der Waals surface area contributed by atoms with Gasteiger partial charge in [-0.05, 0) is 42.0 Å². The molecule has 0 amide bonds. The summed E-state index contributed by atoms with van der Waals surface area (Å²) in [6, 6.07) is 15.0. The minimum atomic E-state index is -0.511. The number of nitrogens with zero attached hydrogens (tertiary/aromatic N) is 1. The number of hydrogen-bond acceptors (Lipinski definition) is 4. The fraction of sp³-hybridized carbons (Fsp3) is 0.0556. The van der Waals surface area contributed by atoms with Crippen molar-refractivity contribution in [2.45, 2.75) is 0 Å². The number of carbonyl (C=O) groups is 1. The van der Waals surface area contributed by atoms with Gasteiger partial charge in [-0.2, -0.15) is 5.10 Å². The van der Waals surface area contributed by atoms with E-state index in [2.05, 4.69) is 10.2 Å². The summed E-state index contributed by atoms with van der Waals surface area (Å²) in [7, 11) is 1.58. The number of benzene rings is 2. The van der Waals surface area contributed by atoms with Crippen LogP contribution in [0.15, 0.2) is 59.4 Å². The quantitative estimate of drug-likeness (QED) is 0.739. The standard InChI is InChI=1S/C18H13ClN2O3/c1-24-12-8-6-11(7-9-12)15-10-16(22)17(21-20-15)18(23)13-4-2-3-5-14(13)19/h2-10H,1H3,(H,20,22). The minimum absolute atomic E-state index is 0.194. The first-order valence-electron chi connectivity index (χ1n) is 7.13. The molecular formula is C18H13ClN2O3. The fourth-order valence-electron chi connectivity index (χ4n) is 2.26. The minimum Gasteiger partial charge on any atom is -0.497 e. The van der Waals surface area contributed by atoms with Gasteiger partial charge in [-0.15, -0.1) is 0 Å². The van der Waals surface area contributed by atoms with E-state index in [4.69, 9.17) is 16.3 Å². The van der Waals surface area contributed by atoms with Crippen molar-refractivity contribution in [1.29, 1.82) is 0 Å². The van der Waals surface area contributed by atoms with Gasteiger partial charge >= 0.3 is 0 Å². The summed E-state index contributed by atoms with van der Waals surface area (Å²) in [5.74, 6) is 0.197. The molecule has 1 heterocycles. The molecule has 0 bridgehead atoms. The summed E-state index contributed by atoms with van der Waals surface area (Å²) in [6.07, 6.45) is 0. The molecule has 120 valence electrons. The van der Waals surface area contributed by atoms with Gasteiger partial charge in [0.05, 0.1) is 17.8 Å². The Hall–Kier alpha value is -2.92. The van der Waals surface area contributed by atoms with E-state index >= 15 is 0 Å². The summed E-state index contributed by atoms with van der Waals surface area (Å²) in [4.78, 5) is 24.7. The Labute approximate surface area is 142 Å². The first-order valence-corrected chi connectivity index (χ1v) is 7.51. The molecule has 0 aliphatic rings. The molecule has 24 heavy (non-hydrogen) atoms. The summed E-state index contributed by atoms with van der Waals surface area (Å²) in [6.45, 7) is 0. The maximum Gasteiger partial charge on any atom is 0.218 e. The molecule has 0 saturated carbocycles. The monoisotopic (exact) mass is 340 g/mol. The van der Waals surface area contributed by atoms with E-state index in [0.29, 0.717) is 11.4 Å². The molecule has 5 nitrogen and oxygen atoms in total. The van der Waals surface area contributed by atoms with Gasteiger partial charge in [-0.25, -0.2) is 0 Å². The number of H-pyrrole nitrogens is 1. The Morgan fingerprint density at radius 1 is 1.12 bits per heavy atom. The molecule has 0 spiro atoms. The Balaban J connectivity index is 1.97. The van der Waals surface area contributed by atoms with Crippen LogP contribution in [0, 0.1) is 0 Å². The number of methoxy groups -OCH3 is 1. The maximum absolute atomic E-state index is 12.4. The van der Waals surface area contributed by atoms with Crippen molar-refractivity contribution >= 4 is 17.4 Å². The molecule has 0 aliphatic heterocycles.